The highest BCUT2D eigenvalue weighted by Gasteiger charge is 2.46. The van der Waals surface area contributed by atoms with E-state index in [0.29, 0.717) is 31.8 Å². The van der Waals surface area contributed by atoms with Crippen molar-refractivity contribution in [2.24, 2.45) is 41.4 Å². The highest BCUT2D eigenvalue weighted by molar-refractivity contribution is 8.00. The fourth-order valence-corrected chi connectivity index (χ4v) is 12.9. The first-order valence-electron chi connectivity index (χ1n) is 33.8. The summed E-state index contributed by atoms with van der Waals surface area (Å²) in [4.78, 5) is 175. The third kappa shape index (κ3) is 24.4. The summed E-state index contributed by atoms with van der Waals surface area (Å²) in [5.41, 5.74) is 0. The van der Waals surface area contributed by atoms with Crippen LogP contribution in [0.4, 0.5) is 0 Å². The molecular weight excluding hydrogens is 1210 g/mol. The van der Waals surface area contributed by atoms with Crippen molar-refractivity contribution in [2.75, 3.05) is 74.7 Å². The van der Waals surface area contributed by atoms with Crippen LogP contribution in [0, 0.1) is 41.4 Å². The van der Waals surface area contributed by atoms with Crippen molar-refractivity contribution < 1.29 is 57.8 Å². The van der Waals surface area contributed by atoms with Crippen LogP contribution in [0.3, 0.4) is 0 Å². The molecule has 1 aliphatic rings. The molecule has 1 saturated heterocycles. The molecule has 0 unspecified atom stereocenters. The Morgan fingerprint density at radius 2 is 0.882 bits per heavy atom. The minimum Gasteiger partial charge on any atom is -0.390 e. The summed E-state index contributed by atoms with van der Waals surface area (Å²) < 4.78 is 0. The second-order valence-electron chi connectivity index (χ2n) is 28.0. The van der Waals surface area contributed by atoms with Gasteiger partial charge >= 0.3 is 0 Å². The van der Waals surface area contributed by atoms with Crippen molar-refractivity contribution in [3.63, 3.8) is 0 Å². The molecule has 0 aromatic carbocycles. The fourth-order valence-electron chi connectivity index (χ4n) is 11.7. The minimum absolute atomic E-state index is 0.00584. The van der Waals surface area contributed by atoms with Gasteiger partial charge in [-0.25, -0.2) is 0 Å². The number of nitrogens with zero attached hydrogens (tertiary/aromatic N) is 8. The summed E-state index contributed by atoms with van der Waals surface area (Å²) in [6, 6.07) is -12.5. The number of hydrogen-bond acceptors (Lipinski definition) is 14. The van der Waals surface area contributed by atoms with Crippen molar-refractivity contribution >= 4 is 76.7 Å². The van der Waals surface area contributed by atoms with E-state index in [1.54, 1.807) is 47.6 Å². The first-order valence-corrected chi connectivity index (χ1v) is 34.9. The number of aliphatic hydroxyl groups excluding tert-OH is 1. The summed E-state index contributed by atoms with van der Waals surface area (Å²) in [5, 5.41) is 22.2. The van der Waals surface area contributed by atoms with Gasteiger partial charge in [-0.15, -0.1) is 11.8 Å². The minimum atomic E-state index is -1.63. The van der Waals surface area contributed by atoms with E-state index < -0.39 is 155 Å². The van der Waals surface area contributed by atoms with Gasteiger partial charge < -0.3 is 65.6 Å². The quantitative estimate of drug-likeness (QED) is 0.0978. The smallest absolute Gasteiger partial charge is 0.256 e. The Kier molecular flexibility index (Phi) is 36.6. The molecule has 0 spiro atoms. The van der Waals surface area contributed by atoms with Gasteiger partial charge in [-0.3, -0.25) is 52.7 Å². The molecule has 1 fully saturated rings. The predicted octanol–water partition coefficient (Wildman–Crippen LogP) is 4.67. The Hall–Kier alpha value is -5.82. The van der Waals surface area contributed by atoms with E-state index in [0.717, 1.165) is 4.90 Å². The number of carbonyl (C=O) groups is 11. The molecule has 25 heteroatoms. The molecule has 0 aliphatic carbocycles. The highest BCUT2D eigenvalue weighted by Crippen LogP contribution is 2.27. The van der Waals surface area contributed by atoms with Crippen LogP contribution in [0.2, 0.25) is 0 Å². The predicted molar refractivity (Wildman–Crippen MR) is 368 cm³/mol. The maximum Gasteiger partial charge on any atom is 0.256 e. The standard InChI is InChI=1S/C68H124N12O12S/c1-27-31-32-45(17)56(81)55-60(85)71-48(28-2)62(87)79(26)68(93-34-33-80(29-3)30-4)67(92)74(21)50(36-40(7)8)59(84)72-53(43(13)14)65(90)73(20)49(35-39(5)6)58(83)69-46(18)57(82)70-47(19)61(86)75(22)51(37-41(9)10)63(88)76(23)52(38-42(11)12)64(89)77(24)54(44(15)16)66(91)78(55)25/h27,31,39-56,68,81H,28-30,32-38H2,1-26H3,(H,69,83)(H,70,82)(H,71,85)(H,72,84)/b31-27+/t45-,46+,47-,48+,49+,50+,51+,52+,53+,54+,55+,56-,68-/m1/s1. The number of likely N-dealkylation sites (N-methyl/N-ethyl adjacent to an activating group) is 7. The van der Waals surface area contributed by atoms with Crippen molar-refractivity contribution in [1.82, 2.24) is 60.5 Å². The number of hydrogen-bond donors (Lipinski definition) is 5. The molecule has 0 radical (unpaired) electrons. The summed E-state index contributed by atoms with van der Waals surface area (Å²) in [7, 11) is 10.1. The molecule has 0 aromatic heterocycles. The number of amides is 11. The van der Waals surface area contributed by atoms with Crippen LogP contribution in [-0.4, -0.2) is 256 Å². The van der Waals surface area contributed by atoms with Crippen LogP contribution in [0.5, 0.6) is 0 Å². The number of allylic oxidation sites excluding steroid dienone is 2. The molecule has 1 rings (SSSR count). The lowest BCUT2D eigenvalue weighted by Gasteiger charge is -2.41. The zero-order chi connectivity index (χ0) is 72.0. The van der Waals surface area contributed by atoms with E-state index in [1.165, 1.54) is 104 Å². The Morgan fingerprint density at radius 3 is 1.32 bits per heavy atom. The number of nitrogens with one attached hydrogen (secondary N) is 4. The van der Waals surface area contributed by atoms with E-state index >= 15 is 28.8 Å². The third-order valence-corrected chi connectivity index (χ3v) is 19.0. The molecule has 5 N–H and O–H groups in total. The molecule has 0 saturated carbocycles. The summed E-state index contributed by atoms with van der Waals surface area (Å²) in [6.45, 7) is 36.1. The zero-order valence-electron chi connectivity index (χ0n) is 61.6. The van der Waals surface area contributed by atoms with Crippen molar-refractivity contribution in [2.45, 2.75) is 242 Å². The average Bonchev–Trinajstić information content (AvgIpc) is 0.858. The van der Waals surface area contributed by atoms with E-state index in [9.17, 15) is 29.1 Å². The number of aliphatic hydroxyl groups is 1. The van der Waals surface area contributed by atoms with Gasteiger partial charge in [0.05, 0.1) is 6.10 Å². The largest absolute Gasteiger partial charge is 0.390 e. The second kappa shape index (κ2) is 39.9. The summed E-state index contributed by atoms with van der Waals surface area (Å²) >= 11 is 1.19. The number of carbonyl (C=O) groups excluding carboxylic acids is 11. The van der Waals surface area contributed by atoms with Crippen molar-refractivity contribution in [3.05, 3.63) is 12.2 Å². The normalized spacial score (nSPS) is 26.5. The second-order valence-corrected chi connectivity index (χ2v) is 29.2. The summed E-state index contributed by atoms with van der Waals surface area (Å²) in [5.74, 6) is -9.40. The average molecular weight is 1330 g/mol. The van der Waals surface area contributed by atoms with Crippen LogP contribution in [-0.2, 0) is 52.7 Å². The van der Waals surface area contributed by atoms with Crippen LogP contribution in [0.15, 0.2) is 12.2 Å². The van der Waals surface area contributed by atoms with Crippen molar-refractivity contribution in [3.8, 4) is 0 Å². The van der Waals surface area contributed by atoms with Gasteiger partial charge in [-0.1, -0.05) is 123 Å². The SMILES string of the molecule is C/C=C/C[C@@H](C)[C@@H](O)[C@H]1C(=O)N[C@@H](CC)C(=O)N(C)[C@H](SCCN(CC)CC)C(=O)N(C)[C@@H](CC(C)C)C(=O)N[C@@H](C(C)C)C(=O)N(C)[C@@H](CC(C)C)C(=O)N[C@@H](C)C(=O)N[C@H](C)C(=O)N(C)[C@@H](CC(C)C)C(=O)N(C)[C@@H](CC(C)C)C(=O)N(C)[C@@H](C(C)C)C(=O)N1C. The lowest BCUT2D eigenvalue weighted by molar-refractivity contribution is -0.157. The molecule has 0 aromatic rings. The van der Waals surface area contributed by atoms with Crippen LogP contribution in [0.1, 0.15) is 170 Å². The molecule has 93 heavy (non-hydrogen) atoms. The molecule has 24 nitrogen and oxygen atoms in total. The van der Waals surface area contributed by atoms with Gasteiger partial charge in [0.25, 0.3) is 5.91 Å². The number of rotatable bonds is 21. The molecule has 1 heterocycles. The fraction of sp³-hybridized carbons (Fsp3) is 0.809. The lowest BCUT2D eigenvalue weighted by Crippen LogP contribution is -2.64. The van der Waals surface area contributed by atoms with Gasteiger partial charge in [0.15, 0.2) is 5.37 Å². The Labute approximate surface area is 562 Å². The number of thioether (sulfide) groups is 1. The first kappa shape index (κ1) is 85.2. The summed E-state index contributed by atoms with van der Waals surface area (Å²) in [6.07, 6.45) is 2.99. The van der Waals surface area contributed by atoms with Gasteiger partial charge in [0.1, 0.15) is 60.4 Å². The van der Waals surface area contributed by atoms with Gasteiger partial charge in [0, 0.05) is 61.6 Å². The topological polar surface area (TPSA) is 282 Å². The van der Waals surface area contributed by atoms with Crippen LogP contribution in [0.25, 0.3) is 0 Å². The van der Waals surface area contributed by atoms with E-state index in [1.807, 2.05) is 82.2 Å². The Morgan fingerprint density at radius 1 is 0.462 bits per heavy atom. The van der Waals surface area contributed by atoms with E-state index in [4.69, 9.17) is 0 Å². The Balaban J connectivity index is 4.55. The maximum absolute atomic E-state index is 15.4. The Bertz CT molecular complexity index is 2510. The maximum atomic E-state index is 15.4. The molecule has 534 valence electrons. The van der Waals surface area contributed by atoms with Gasteiger partial charge in [-0.2, -0.15) is 0 Å². The van der Waals surface area contributed by atoms with Gasteiger partial charge in [-0.05, 0) is 114 Å². The van der Waals surface area contributed by atoms with Crippen LogP contribution >= 0.6 is 11.8 Å². The zero-order valence-corrected chi connectivity index (χ0v) is 62.4. The van der Waals surface area contributed by atoms with Crippen molar-refractivity contribution in [1.29, 1.82) is 0 Å². The van der Waals surface area contributed by atoms with E-state index in [2.05, 4.69) is 26.2 Å². The van der Waals surface area contributed by atoms with Gasteiger partial charge in [0.2, 0.25) is 59.1 Å². The van der Waals surface area contributed by atoms with E-state index in [-0.39, 0.29) is 55.8 Å². The van der Waals surface area contributed by atoms with Crippen LogP contribution < -0.4 is 21.3 Å². The molecule has 13 atom stereocenters. The molecular formula is C68H124N12O12S. The highest BCUT2D eigenvalue weighted by atomic mass is 32.2. The lowest BCUT2D eigenvalue weighted by atomic mass is 9.91. The monoisotopic (exact) mass is 1330 g/mol. The molecule has 0 bridgehead atoms. The molecule has 11 amide bonds. The first-order chi connectivity index (χ1) is 43.1. The third-order valence-electron chi connectivity index (χ3n) is 17.8. The molecule has 1 aliphatic heterocycles.